The van der Waals surface area contributed by atoms with Crippen LogP contribution in [-0.4, -0.2) is 32.0 Å². The standard InChI is InChI=1S/C21H24N4O2S/c1-16-4-6-20(17(2)14-16)28(26,27)24-19-5-7-21(23-15-19)25(3)13-10-18-8-11-22-12-9-18/h4-9,11-12,14-15,24H,10,13H2,1-3H3. The Morgan fingerprint density at radius 1 is 1.04 bits per heavy atom. The Labute approximate surface area is 166 Å². The van der Waals surface area contributed by atoms with E-state index >= 15 is 0 Å². The molecule has 28 heavy (non-hydrogen) atoms. The average Bonchev–Trinajstić information content (AvgIpc) is 2.67. The molecule has 2 aromatic heterocycles. The van der Waals surface area contributed by atoms with Crippen LogP contribution in [0.5, 0.6) is 0 Å². The minimum absolute atomic E-state index is 0.275. The third-order valence-corrected chi connectivity index (χ3v) is 6.04. The number of anilines is 2. The molecule has 0 unspecified atom stereocenters. The molecule has 0 aliphatic carbocycles. The number of hydrogen-bond donors (Lipinski definition) is 1. The Morgan fingerprint density at radius 3 is 2.43 bits per heavy atom. The van der Waals surface area contributed by atoms with Gasteiger partial charge in [0, 0.05) is 26.0 Å². The second-order valence-corrected chi connectivity index (χ2v) is 8.46. The minimum atomic E-state index is -3.65. The lowest BCUT2D eigenvalue weighted by Crippen LogP contribution is -2.21. The molecule has 1 N–H and O–H groups in total. The molecule has 2 heterocycles. The summed E-state index contributed by atoms with van der Waals surface area (Å²) in [6, 6.07) is 12.8. The minimum Gasteiger partial charge on any atom is -0.359 e. The molecule has 0 atom stereocenters. The zero-order valence-corrected chi connectivity index (χ0v) is 17.1. The second-order valence-electron chi connectivity index (χ2n) is 6.81. The number of pyridine rings is 2. The highest BCUT2D eigenvalue weighted by molar-refractivity contribution is 7.92. The van der Waals surface area contributed by atoms with Crippen molar-refractivity contribution in [1.82, 2.24) is 9.97 Å². The van der Waals surface area contributed by atoms with E-state index in [1.165, 1.54) is 5.56 Å². The quantitative estimate of drug-likeness (QED) is 0.661. The summed E-state index contributed by atoms with van der Waals surface area (Å²) in [5.41, 5.74) is 3.39. The lowest BCUT2D eigenvalue weighted by atomic mass is 10.2. The van der Waals surface area contributed by atoms with Gasteiger partial charge in [-0.05, 0) is 61.7 Å². The van der Waals surface area contributed by atoms with Crippen molar-refractivity contribution in [2.75, 3.05) is 23.2 Å². The molecule has 0 spiro atoms. The van der Waals surface area contributed by atoms with Gasteiger partial charge in [0.1, 0.15) is 5.82 Å². The first-order valence-corrected chi connectivity index (χ1v) is 10.5. The van der Waals surface area contributed by atoms with E-state index in [4.69, 9.17) is 0 Å². The largest absolute Gasteiger partial charge is 0.359 e. The van der Waals surface area contributed by atoms with E-state index in [2.05, 4.69) is 14.7 Å². The molecule has 0 amide bonds. The smallest absolute Gasteiger partial charge is 0.262 e. The van der Waals surface area contributed by atoms with Crippen LogP contribution in [0, 0.1) is 13.8 Å². The summed E-state index contributed by atoms with van der Waals surface area (Å²) in [5, 5.41) is 0. The Morgan fingerprint density at radius 2 is 1.79 bits per heavy atom. The number of nitrogens with one attached hydrogen (secondary N) is 1. The van der Waals surface area contributed by atoms with Gasteiger partial charge in [-0.15, -0.1) is 0 Å². The summed E-state index contributed by atoms with van der Waals surface area (Å²) in [5.74, 6) is 0.781. The first kappa shape index (κ1) is 19.8. The number of sulfonamides is 1. The summed E-state index contributed by atoms with van der Waals surface area (Å²) in [6.07, 6.45) is 5.98. The monoisotopic (exact) mass is 396 g/mol. The van der Waals surface area contributed by atoms with Gasteiger partial charge in [0.2, 0.25) is 0 Å². The van der Waals surface area contributed by atoms with Gasteiger partial charge in [-0.25, -0.2) is 13.4 Å². The van der Waals surface area contributed by atoms with Crippen molar-refractivity contribution in [3.05, 3.63) is 77.7 Å². The number of nitrogens with zero attached hydrogens (tertiary/aromatic N) is 3. The van der Waals surface area contributed by atoms with Crippen LogP contribution in [0.15, 0.2) is 66.0 Å². The average molecular weight is 397 g/mol. The molecule has 0 saturated heterocycles. The van der Waals surface area contributed by atoms with Crippen LogP contribution in [0.1, 0.15) is 16.7 Å². The van der Waals surface area contributed by atoms with Gasteiger partial charge in [0.15, 0.2) is 0 Å². The van der Waals surface area contributed by atoms with Crippen molar-refractivity contribution in [3.63, 3.8) is 0 Å². The van der Waals surface area contributed by atoms with Crippen molar-refractivity contribution >= 4 is 21.5 Å². The van der Waals surface area contributed by atoms with Gasteiger partial charge in [-0.1, -0.05) is 17.7 Å². The molecular weight excluding hydrogens is 372 g/mol. The molecule has 0 saturated carbocycles. The fraction of sp³-hybridized carbons (Fsp3) is 0.238. The SMILES string of the molecule is Cc1ccc(S(=O)(=O)Nc2ccc(N(C)CCc3ccncc3)nc2)c(C)c1. The van der Waals surface area contributed by atoms with Crippen molar-refractivity contribution < 1.29 is 8.42 Å². The molecule has 7 heteroatoms. The van der Waals surface area contributed by atoms with Gasteiger partial charge in [-0.3, -0.25) is 9.71 Å². The molecule has 3 rings (SSSR count). The number of benzene rings is 1. The highest BCUT2D eigenvalue weighted by Crippen LogP contribution is 2.21. The summed E-state index contributed by atoms with van der Waals surface area (Å²) in [4.78, 5) is 10.7. The number of likely N-dealkylation sites (N-methyl/N-ethyl adjacent to an activating group) is 1. The van der Waals surface area contributed by atoms with Gasteiger partial charge in [0.25, 0.3) is 10.0 Å². The van der Waals surface area contributed by atoms with E-state index in [0.29, 0.717) is 11.3 Å². The maximum absolute atomic E-state index is 12.7. The molecule has 0 bridgehead atoms. The highest BCUT2D eigenvalue weighted by Gasteiger charge is 2.17. The number of rotatable bonds is 7. The molecule has 146 valence electrons. The van der Waals surface area contributed by atoms with Gasteiger partial charge >= 0.3 is 0 Å². The van der Waals surface area contributed by atoms with Crippen LogP contribution in [0.4, 0.5) is 11.5 Å². The van der Waals surface area contributed by atoms with E-state index in [-0.39, 0.29) is 4.90 Å². The van der Waals surface area contributed by atoms with Crippen molar-refractivity contribution in [3.8, 4) is 0 Å². The van der Waals surface area contributed by atoms with Crippen LogP contribution in [0.25, 0.3) is 0 Å². The summed E-state index contributed by atoms with van der Waals surface area (Å²) in [7, 11) is -1.69. The molecule has 0 aliphatic heterocycles. The highest BCUT2D eigenvalue weighted by atomic mass is 32.2. The number of aromatic nitrogens is 2. The molecular formula is C21H24N4O2S. The second kappa shape index (κ2) is 8.39. The van der Waals surface area contributed by atoms with E-state index < -0.39 is 10.0 Å². The molecule has 0 radical (unpaired) electrons. The van der Waals surface area contributed by atoms with Crippen LogP contribution < -0.4 is 9.62 Å². The van der Waals surface area contributed by atoms with Gasteiger partial charge < -0.3 is 4.90 Å². The Kier molecular flexibility index (Phi) is 5.94. The summed E-state index contributed by atoms with van der Waals surface area (Å²) in [6.45, 7) is 4.52. The van der Waals surface area contributed by atoms with Crippen LogP contribution in [-0.2, 0) is 16.4 Å². The third kappa shape index (κ3) is 4.86. The lowest BCUT2D eigenvalue weighted by Gasteiger charge is -2.18. The maximum Gasteiger partial charge on any atom is 0.262 e. The molecule has 0 fully saturated rings. The van der Waals surface area contributed by atoms with Crippen molar-refractivity contribution in [2.24, 2.45) is 0 Å². The predicted octanol–water partition coefficient (Wildman–Crippen LogP) is 3.57. The summed E-state index contributed by atoms with van der Waals surface area (Å²) < 4.78 is 27.9. The predicted molar refractivity (Wildman–Crippen MR) is 112 cm³/mol. The van der Waals surface area contributed by atoms with E-state index in [1.807, 2.05) is 43.1 Å². The first-order chi connectivity index (χ1) is 13.3. The van der Waals surface area contributed by atoms with Crippen LogP contribution in [0.2, 0.25) is 0 Å². The zero-order chi connectivity index (χ0) is 20.1. The lowest BCUT2D eigenvalue weighted by molar-refractivity contribution is 0.600. The fourth-order valence-corrected chi connectivity index (χ4v) is 4.22. The topological polar surface area (TPSA) is 75.2 Å². The van der Waals surface area contributed by atoms with Crippen LogP contribution in [0.3, 0.4) is 0 Å². The molecule has 3 aromatic rings. The Balaban J connectivity index is 1.66. The Bertz CT molecular complexity index is 1040. The molecule has 6 nitrogen and oxygen atoms in total. The van der Waals surface area contributed by atoms with Gasteiger partial charge in [-0.2, -0.15) is 0 Å². The molecule has 0 aliphatic rings. The van der Waals surface area contributed by atoms with Crippen molar-refractivity contribution in [1.29, 1.82) is 0 Å². The fourth-order valence-electron chi connectivity index (χ4n) is 2.94. The Hall–Kier alpha value is -2.93. The number of aryl methyl sites for hydroxylation is 2. The normalized spacial score (nSPS) is 11.2. The summed E-state index contributed by atoms with van der Waals surface area (Å²) >= 11 is 0. The van der Waals surface area contributed by atoms with E-state index in [1.54, 1.807) is 43.7 Å². The van der Waals surface area contributed by atoms with E-state index in [0.717, 1.165) is 24.3 Å². The van der Waals surface area contributed by atoms with E-state index in [9.17, 15) is 8.42 Å². The third-order valence-electron chi connectivity index (χ3n) is 4.50. The van der Waals surface area contributed by atoms with Gasteiger partial charge in [0.05, 0.1) is 16.8 Å². The van der Waals surface area contributed by atoms with Crippen LogP contribution >= 0.6 is 0 Å². The zero-order valence-electron chi connectivity index (χ0n) is 16.3. The number of hydrogen-bond acceptors (Lipinski definition) is 5. The molecule has 1 aromatic carbocycles. The first-order valence-electron chi connectivity index (χ1n) is 9.01. The van der Waals surface area contributed by atoms with Crippen molar-refractivity contribution in [2.45, 2.75) is 25.2 Å². The maximum atomic E-state index is 12.7.